The molecule has 62 heavy (non-hydrogen) atoms. The summed E-state index contributed by atoms with van der Waals surface area (Å²) in [6, 6.07) is 75.6. The van der Waals surface area contributed by atoms with Crippen LogP contribution in [0.15, 0.2) is 225 Å². The van der Waals surface area contributed by atoms with Crippen molar-refractivity contribution in [3.8, 4) is 78.7 Å². The molecule has 1 aliphatic rings. The molecule has 4 heteroatoms. The fourth-order valence-corrected chi connectivity index (χ4v) is 9.38. The molecule has 0 bridgehead atoms. The van der Waals surface area contributed by atoms with Crippen LogP contribution in [-0.2, 0) is 5.41 Å². The molecule has 1 aliphatic carbocycles. The first-order chi connectivity index (χ1) is 30.6. The summed E-state index contributed by atoms with van der Waals surface area (Å²) in [5.41, 5.74) is 16.9. The van der Waals surface area contributed by atoms with E-state index < -0.39 is 5.41 Å². The number of fused-ring (bicyclic) bond motifs is 3. The van der Waals surface area contributed by atoms with Gasteiger partial charge in [-0.15, -0.1) is 0 Å². The first kappa shape index (κ1) is 37.0. The maximum absolute atomic E-state index is 5.44. The highest BCUT2D eigenvalue weighted by molar-refractivity contribution is 5.97. The SMILES string of the molecule is Cc1cncc(-c2ccccc2-c2cc3c(cc2-c2nc(-c4ccccc4)nc(-c4cccc(-c5ccccc5)c4)n2)-c2ccccc2C3(c2ccccc2)c2ccccc2)c1. The molecule has 0 amide bonds. The molecule has 0 N–H and O–H groups in total. The van der Waals surface area contributed by atoms with Gasteiger partial charge in [-0.1, -0.05) is 188 Å². The lowest BCUT2D eigenvalue weighted by Gasteiger charge is -2.34. The third-order valence-corrected chi connectivity index (χ3v) is 12.1. The molecule has 11 rings (SSSR count). The Hall–Kier alpha value is -8.08. The van der Waals surface area contributed by atoms with Crippen molar-refractivity contribution in [3.63, 3.8) is 0 Å². The molecule has 8 aromatic carbocycles. The van der Waals surface area contributed by atoms with Gasteiger partial charge >= 0.3 is 0 Å². The standard InChI is InChI=1S/C58H40N4/c1-39-33-44(38-59-37-39)47-29-14-15-30-48(47)50-36-54-51(49-31-16-17-32-53(49)58(54,45-25-10-4-11-26-45)46-27-12-5-13-28-46)35-52(50)57-61-55(41-21-8-3-9-22-41)60-56(62-57)43-24-18-23-42(34-43)40-19-6-2-7-20-40/h2-38H,1H3. The van der Waals surface area contributed by atoms with Crippen molar-refractivity contribution in [3.05, 3.63) is 253 Å². The number of aromatic nitrogens is 4. The van der Waals surface area contributed by atoms with Gasteiger partial charge in [-0.05, 0) is 98.0 Å². The predicted octanol–water partition coefficient (Wildman–Crippen LogP) is 13.9. The van der Waals surface area contributed by atoms with Gasteiger partial charge in [0.1, 0.15) is 0 Å². The zero-order valence-corrected chi connectivity index (χ0v) is 34.2. The first-order valence-corrected chi connectivity index (χ1v) is 21.0. The summed E-state index contributed by atoms with van der Waals surface area (Å²) in [5, 5.41) is 0. The second-order valence-electron chi connectivity index (χ2n) is 15.9. The van der Waals surface area contributed by atoms with Gasteiger partial charge in [0.25, 0.3) is 0 Å². The van der Waals surface area contributed by atoms with Gasteiger partial charge in [0.05, 0.1) is 5.41 Å². The minimum absolute atomic E-state index is 0.598. The normalized spacial score (nSPS) is 12.4. The molecule has 2 aromatic heterocycles. The Morgan fingerprint density at radius 1 is 0.306 bits per heavy atom. The van der Waals surface area contributed by atoms with E-state index >= 15 is 0 Å². The summed E-state index contributed by atoms with van der Waals surface area (Å²) in [6.45, 7) is 2.09. The van der Waals surface area contributed by atoms with Crippen LogP contribution in [0.25, 0.3) is 78.7 Å². The molecule has 0 radical (unpaired) electrons. The van der Waals surface area contributed by atoms with E-state index in [1.54, 1.807) is 0 Å². The van der Waals surface area contributed by atoms with Gasteiger partial charge in [-0.25, -0.2) is 15.0 Å². The molecule has 0 saturated heterocycles. The van der Waals surface area contributed by atoms with Crippen LogP contribution in [0, 0.1) is 6.92 Å². The minimum atomic E-state index is -0.598. The number of hydrogen-bond acceptors (Lipinski definition) is 4. The van der Waals surface area contributed by atoms with Crippen LogP contribution in [-0.4, -0.2) is 19.9 Å². The molecule has 0 aliphatic heterocycles. The molecule has 4 nitrogen and oxygen atoms in total. The average Bonchev–Trinajstić information content (AvgIpc) is 3.64. The average molecular weight is 793 g/mol. The lowest BCUT2D eigenvalue weighted by molar-refractivity contribution is 0.769. The minimum Gasteiger partial charge on any atom is -0.264 e. The maximum Gasteiger partial charge on any atom is 0.164 e. The van der Waals surface area contributed by atoms with Crippen molar-refractivity contribution in [1.29, 1.82) is 0 Å². The Kier molecular flexibility index (Phi) is 9.24. The molecule has 0 unspecified atom stereocenters. The number of benzene rings is 8. The lowest BCUT2D eigenvalue weighted by Crippen LogP contribution is -2.28. The summed E-state index contributed by atoms with van der Waals surface area (Å²) in [7, 11) is 0. The third-order valence-electron chi connectivity index (χ3n) is 12.1. The Morgan fingerprint density at radius 3 is 1.52 bits per heavy atom. The number of nitrogens with zero attached hydrogens (tertiary/aromatic N) is 4. The monoisotopic (exact) mass is 792 g/mol. The van der Waals surface area contributed by atoms with E-state index in [2.05, 4.69) is 200 Å². The maximum atomic E-state index is 5.44. The molecule has 0 spiro atoms. The Morgan fingerprint density at radius 2 is 0.839 bits per heavy atom. The van der Waals surface area contributed by atoms with E-state index in [9.17, 15) is 0 Å². The van der Waals surface area contributed by atoms with Crippen molar-refractivity contribution in [1.82, 2.24) is 19.9 Å². The Labute approximate surface area is 362 Å². The van der Waals surface area contributed by atoms with Crippen molar-refractivity contribution in [2.75, 3.05) is 0 Å². The van der Waals surface area contributed by atoms with Gasteiger partial charge in [-0.3, -0.25) is 4.98 Å². The second kappa shape index (κ2) is 15.5. The van der Waals surface area contributed by atoms with E-state index in [-0.39, 0.29) is 0 Å². The van der Waals surface area contributed by atoms with E-state index in [4.69, 9.17) is 15.0 Å². The lowest BCUT2D eigenvalue weighted by atomic mass is 9.67. The van der Waals surface area contributed by atoms with E-state index in [1.807, 2.05) is 36.7 Å². The summed E-state index contributed by atoms with van der Waals surface area (Å²) >= 11 is 0. The topological polar surface area (TPSA) is 51.6 Å². The molecule has 0 fully saturated rings. The fourth-order valence-electron chi connectivity index (χ4n) is 9.38. The van der Waals surface area contributed by atoms with Gasteiger partial charge in [0, 0.05) is 34.6 Å². The van der Waals surface area contributed by atoms with E-state index in [0.717, 1.165) is 61.2 Å². The van der Waals surface area contributed by atoms with Gasteiger partial charge < -0.3 is 0 Å². The van der Waals surface area contributed by atoms with Crippen LogP contribution >= 0.6 is 0 Å². The molecule has 10 aromatic rings. The van der Waals surface area contributed by atoms with Crippen LogP contribution in [0.2, 0.25) is 0 Å². The van der Waals surface area contributed by atoms with E-state index in [0.29, 0.717) is 17.5 Å². The van der Waals surface area contributed by atoms with Crippen molar-refractivity contribution >= 4 is 0 Å². The largest absolute Gasteiger partial charge is 0.264 e. The number of rotatable bonds is 8. The zero-order valence-electron chi connectivity index (χ0n) is 34.2. The van der Waals surface area contributed by atoms with Crippen molar-refractivity contribution in [2.45, 2.75) is 12.3 Å². The predicted molar refractivity (Wildman–Crippen MR) is 252 cm³/mol. The highest BCUT2D eigenvalue weighted by Gasteiger charge is 2.46. The second-order valence-corrected chi connectivity index (χ2v) is 15.9. The van der Waals surface area contributed by atoms with Crippen LogP contribution in [0.5, 0.6) is 0 Å². The number of aryl methyl sites for hydroxylation is 1. The van der Waals surface area contributed by atoms with Crippen LogP contribution in [0.1, 0.15) is 27.8 Å². The first-order valence-electron chi connectivity index (χ1n) is 21.0. The van der Waals surface area contributed by atoms with Gasteiger partial charge in [0.15, 0.2) is 17.5 Å². The van der Waals surface area contributed by atoms with Gasteiger partial charge in [0.2, 0.25) is 0 Å². The molecule has 0 saturated carbocycles. The van der Waals surface area contributed by atoms with Crippen LogP contribution in [0.4, 0.5) is 0 Å². The summed E-state index contributed by atoms with van der Waals surface area (Å²) in [6.07, 6.45) is 3.86. The number of hydrogen-bond donors (Lipinski definition) is 0. The highest BCUT2D eigenvalue weighted by atomic mass is 15.0. The van der Waals surface area contributed by atoms with Crippen molar-refractivity contribution < 1.29 is 0 Å². The van der Waals surface area contributed by atoms with Crippen molar-refractivity contribution in [2.24, 2.45) is 0 Å². The summed E-state index contributed by atoms with van der Waals surface area (Å²) in [5.74, 6) is 1.82. The molecule has 0 atom stereocenters. The fraction of sp³-hybridized carbons (Fsp3) is 0.0345. The smallest absolute Gasteiger partial charge is 0.164 e. The molecule has 2 heterocycles. The molecular formula is C58H40N4. The third kappa shape index (κ3) is 6.32. The van der Waals surface area contributed by atoms with E-state index in [1.165, 1.54) is 27.8 Å². The van der Waals surface area contributed by atoms with Crippen LogP contribution in [0.3, 0.4) is 0 Å². The quantitative estimate of drug-likeness (QED) is 0.154. The highest BCUT2D eigenvalue weighted by Crippen LogP contribution is 2.58. The summed E-state index contributed by atoms with van der Waals surface area (Å²) in [4.78, 5) is 20.7. The Bertz CT molecular complexity index is 3200. The zero-order chi connectivity index (χ0) is 41.5. The molecule has 292 valence electrons. The van der Waals surface area contributed by atoms with Gasteiger partial charge in [-0.2, -0.15) is 0 Å². The molecular weight excluding hydrogens is 753 g/mol. The summed E-state index contributed by atoms with van der Waals surface area (Å²) < 4.78 is 0. The van der Waals surface area contributed by atoms with Crippen LogP contribution < -0.4 is 0 Å². The number of pyridine rings is 1. The Balaban J connectivity index is 1.24.